The molecule has 0 atom stereocenters. The predicted molar refractivity (Wildman–Crippen MR) is 94.2 cm³/mol. The molecule has 0 aliphatic carbocycles. The number of nitrogens with one attached hydrogen (secondary N) is 1. The zero-order valence-corrected chi connectivity index (χ0v) is 13.9. The number of hydrogen-bond donors (Lipinski definition) is 1. The van der Waals surface area contributed by atoms with E-state index in [0.717, 1.165) is 0 Å². The number of hydrogen-bond acceptors (Lipinski definition) is 4. The van der Waals surface area contributed by atoms with Crippen molar-refractivity contribution in [2.45, 2.75) is 6.61 Å². The Labute approximate surface area is 147 Å². The molecule has 0 unspecified atom stereocenters. The smallest absolute Gasteiger partial charge is 0.338 e. The molecule has 0 aliphatic heterocycles. The lowest BCUT2D eigenvalue weighted by atomic mass is 10.2. The van der Waals surface area contributed by atoms with Gasteiger partial charge < -0.3 is 10.1 Å². The molecule has 0 saturated heterocycles. The molecule has 1 amide bonds. The highest BCUT2D eigenvalue weighted by Crippen LogP contribution is 2.16. The van der Waals surface area contributed by atoms with Crippen molar-refractivity contribution >= 4 is 28.9 Å². The van der Waals surface area contributed by atoms with Crippen molar-refractivity contribution in [3.05, 3.63) is 87.9 Å². The van der Waals surface area contributed by atoms with Crippen LogP contribution in [0.4, 0.5) is 10.1 Å². The number of carbonyl (C=O) groups is 2. The van der Waals surface area contributed by atoms with Crippen molar-refractivity contribution in [2.75, 3.05) is 5.32 Å². The Hall–Kier alpha value is -2.99. The third-order valence-electron chi connectivity index (χ3n) is 3.38. The molecular weight excluding hydrogens is 341 g/mol. The molecule has 1 aromatic heterocycles. The number of halogens is 1. The molecule has 0 fully saturated rings. The Morgan fingerprint density at radius 3 is 2.56 bits per heavy atom. The van der Waals surface area contributed by atoms with Crippen molar-refractivity contribution in [3.63, 3.8) is 0 Å². The van der Waals surface area contributed by atoms with Crippen LogP contribution in [0, 0.1) is 5.82 Å². The van der Waals surface area contributed by atoms with E-state index in [1.54, 1.807) is 48.5 Å². The van der Waals surface area contributed by atoms with Gasteiger partial charge in [0.05, 0.1) is 10.4 Å². The topological polar surface area (TPSA) is 55.4 Å². The van der Waals surface area contributed by atoms with E-state index in [2.05, 4.69) is 5.32 Å². The standard InChI is InChI=1S/C19H14FNO3S/c20-15-8-6-13(7-9-15)12-24-19(23)14-3-1-4-16(11-14)21-18(22)17-5-2-10-25-17/h1-11H,12H2,(H,21,22). The lowest BCUT2D eigenvalue weighted by Gasteiger charge is -2.08. The summed E-state index contributed by atoms with van der Waals surface area (Å²) in [6.45, 7) is 0.0465. The first kappa shape index (κ1) is 16.9. The highest BCUT2D eigenvalue weighted by atomic mass is 32.1. The average Bonchev–Trinajstić information content (AvgIpc) is 3.16. The molecule has 0 radical (unpaired) electrons. The van der Waals surface area contributed by atoms with Gasteiger partial charge in [-0.3, -0.25) is 4.79 Å². The van der Waals surface area contributed by atoms with Gasteiger partial charge in [-0.1, -0.05) is 24.3 Å². The minimum Gasteiger partial charge on any atom is -0.457 e. The van der Waals surface area contributed by atoms with Gasteiger partial charge in [0, 0.05) is 5.69 Å². The molecule has 25 heavy (non-hydrogen) atoms. The minimum atomic E-state index is -0.517. The number of carbonyl (C=O) groups excluding carboxylic acids is 2. The fourth-order valence-corrected chi connectivity index (χ4v) is 2.76. The van der Waals surface area contributed by atoms with Crippen LogP contribution in [0.25, 0.3) is 0 Å². The van der Waals surface area contributed by atoms with E-state index in [-0.39, 0.29) is 18.3 Å². The molecule has 2 aromatic carbocycles. The lowest BCUT2D eigenvalue weighted by Crippen LogP contribution is -2.11. The van der Waals surface area contributed by atoms with Crippen molar-refractivity contribution in [1.29, 1.82) is 0 Å². The molecule has 6 heteroatoms. The summed E-state index contributed by atoms with van der Waals surface area (Å²) < 4.78 is 18.1. The molecule has 1 heterocycles. The molecule has 3 rings (SSSR count). The van der Waals surface area contributed by atoms with Crippen LogP contribution >= 0.6 is 11.3 Å². The van der Waals surface area contributed by atoms with Crippen LogP contribution < -0.4 is 5.32 Å². The molecule has 0 saturated carbocycles. The Balaban J connectivity index is 1.63. The number of ether oxygens (including phenoxy) is 1. The minimum absolute atomic E-state index is 0.0465. The van der Waals surface area contributed by atoms with Crippen LogP contribution in [0.15, 0.2) is 66.0 Å². The summed E-state index contributed by atoms with van der Waals surface area (Å²) in [6, 6.07) is 15.8. The summed E-state index contributed by atoms with van der Waals surface area (Å²) in [6.07, 6.45) is 0. The lowest BCUT2D eigenvalue weighted by molar-refractivity contribution is 0.0472. The second-order valence-corrected chi connectivity index (χ2v) is 6.16. The maximum absolute atomic E-state index is 12.9. The number of anilines is 1. The number of thiophene rings is 1. The Bertz CT molecular complexity index is 876. The quantitative estimate of drug-likeness (QED) is 0.686. The maximum Gasteiger partial charge on any atom is 0.338 e. The molecule has 0 aliphatic rings. The van der Waals surface area contributed by atoms with E-state index < -0.39 is 5.97 Å². The van der Waals surface area contributed by atoms with Crippen LogP contribution in [-0.4, -0.2) is 11.9 Å². The zero-order chi connectivity index (χ0) is 17.6. The summed E-state index contributed by atoms with van der Waals surface area (Å²) in [4.78, 5) is 24.8. The van der Waals surface area contributed by atoms with E-state index in [1.165, 1.54) is 23.5 Å². The first-order valence-corrected chi connectivity index (χ1v) is 8.36. The summed E-state index contributed by atoms with van der Waals surface area (Å²) in [7, 11) is 0. The van der Waals surface area contributed by atoms with Crippen LogP contribution in [0.5, 0.6) is 0 Å². The number of amides is 1. The number of esters is 1. The molecule has 0 spiro atoms. The van der Waals surface area contributed by atoms with E-state index in [4.69, 9.17) is 4.74 Å². The summed E-state index contributed by atoms with van der Waals surface area (Å²) in [5, 5.41) is 4.56. The van der Waals surface area contributed by atoms with Gasteiger partial charge in [-0.05, 0) is 47.3 Å². The highest BCUT2D eigenvalue weighted by molar-refractivity contribution is 7.12. The number of rotatable bonds is 5. The van der Waals surface area contributed by atoms with Crippen LogP contribution in [0.2, 0.25) is 0 Å². The van der Waals surface area contributed by atoms with Gasteiger partial charge in [0.25, 0.3) is 5.91 Å². The van der Waals surface area contributed by atoms with E-state index >= 15 is 0 Å². The van der Waals surface area contributed by atoms with Crippen molar-refractivity contribution in [3.8, 4) is 0 Å². The van der Waals surface area contributed by atoms with Gasteiger partial charge >= 0.3 is 5.97 Å². The van der Waals surface area contributed by atoms with Crippen LogP contribution in [0.3, 0.4) is 0 Å². The van der Waals surface area contributed by atoms with Crippen LogP contribution in [0.1, 0.15) is 25.6 Å². The first-order chi connectivity index (χ1) is 12.1. The van der Waals surface area contributed by atoms with Gasteiger partial charge in [-0.2, -0.15) is 0 Å². The SMILES string of the molecule is O=C(OCc1ccc(F)cc1)c1cccc(NC(=O)c2cccs2)c1. The second-order valence-electron chi connectivity index (χ2n) is 5.21. The molecule has 0 bridgehead atoms. The molecular formula is C19H14FNO3S. The monoisotopic (exact) mass is 355 g/mol. The zero-order valence-electron chi connectivity index (χ0n) is 13.1. The summed E-state index contributed by atoms with van der Waals surface area (Å²) >= 11 is 1.34. The fraction of sp³-hybridized carbons (Fsp3) is 0.0526. The van der Waals surface area contributed by atoms with Gasteiger partial charge in [-0.15, -0.1) is 11.3 Å². The third kappa shape index (κ3) is 4.51. The van der Waals surface area contributed by atoms with Crippen LogP contribution in [-0.2, 0) is 11.3 Å². The normalized spacial score (nSPS) is 10.3. The molecule has 4 nitrogen and oxygen atoms in total. The van der Waals surface area contributed by atoms with E-state index in [0.29, 0.717) is 21.7 Å². The van der Waals surface area contributed by atoms with Crippen molar-refractivity contribution in [2.24, 2.45) is 0 Å². The van der Waals surface area contributed by atoms with Crippen molar-refractivity contribution < 1.29 is 18.7 Å². The van der Waals surface area contributed by atoms with Gasteiger partial charge in [-0.25, -0.2) is 9.18 Å². The Morgan fingerprint density at radius 2 is 1.84 bits per heavy atom. The fourth-order valence-electron chi connectivity index (χ4n) is 2.14. The van der Waals surface area contributed by atoms with E-state index in [9.17, 15) is 14.0 Å². The molecule has 1 N–H and O–H groups in total. The predicted octanol–water partition coefficient (Wildman–Crippen LogP) is 4.50. The highest BCUT2D eigenvalue weighted by Gasteiger charge is 2.11. The average molecular weight is 355 g/mol. The summed E-state index contributed by atoms with van der Waals surface area (Å²) in [5.41, 5.74) is 1.53. The van der Waals surface area contributed by atoms with Gasteiger partial charge in [0.1, 0.15) is 12.4 Å². The maximum atomic E-state index is 12.9. The number of benzene rings is 2. The van der Waals surface area contributed by atoms with Gasteiger partial charge in [0.2, 0.25) is 0 Å². The molecule has 126 valence electrons. The largest absolute Gasteiger partial charge is 0.457 e. The Kier molecular flexibility index (Phi) is 5.20. The van der Waals surface area contributed by atoms with E-state index in [1.807, 2.05) is 5.38 Å². The van der Waals surface area contributed by atoms with Crippen molar-refractivity contribution in [1.82, 2.24) is 0 Å². The third-order valence-corrected chi connectivity index (χ3v) is 4.25. The summed E-state index contributed by atoms with van der Waals surface area (Å²) in [5.74, 6) is -1.09. The second kappa shape index (κ2) is 7.72. The molecule has 3 aromatic rings. The Morgan fingerprint density at radius 1 is 1.04 bits per heavy atom. The first-order valence-electron chi connectivity index (χ1n) is 7.48. The van der Waals surface area contributed by atoms with Gasteiger partial charge in [0.15, 0.2) is 0 Å².